The van der Waals surface area contributed by atoms with E-state index in [1.54, 1.807) is 0 Å². The largest absolute Gasteiger partial charge is 0.455 e. The molecule has 0 fully saturated rings. The molecule has 0 saturated heterocycles. The van der Waals surface area contributed by atoms with E-state index in [1.165, 1.54) is 11.1 Å². The maximum atomic E-state index is 7.00. The molecule has 0 aliphatic carbocycles. The predicted octanol–water partition coefficient (Wildman–Crippen LogP) is 17.5. The number of hydrogen-bond acceptors (Lipinski definition) is 4. The van der Waals surface area contributed by atoms with Crippen molar-refractivity contribution < 1.29 is 13.3 Å². The van der Waals surface area contributed by atoms with E-state index < -0.39 is 0 Å². The second-order valence-electron chi connectivity index (χ2n) is 16.3. The number of furan rings is 3. The van der Waals surface area contributed by atoms with Crippen molar-refractivity contribution in [3.63, 3.8) is 0 Å². The zero-order chi connectivity index (χ0) is 42.1. The molecule has 0 amide bonds. The van der Waals surface area contributed by atoms with Crippen molar-refractivity contribution in [1.82, 2.24) is 0 Å². The van der Waals surface area contributed by atoms with Gasteiger partial charge in [-0.15, -0.1) is 0 Å². The average Bonchev–Trinajstić information content (AvgIpc) is 4.08. The highest BCUT2D eigenvalue weighted by atomic mass is 16.3. The normalized spacial score (nSPS) is 11.8. The lowest BCUT2D eigenvalue weighted by Crippen LogP contribution is -2.10. The third kappa shape index (κ3) is 5.70. The SMILES string of the molecule is c1ccc(-c2ccc(N(c3ccc(-c4ccccc4)cc3)c3ccc(-c4ccc(-c5cccc6c5oc5ccccc56)c5c4oc4ccccc45)c4oc5ccccc5c34)cc2)cc1. The third-order valence-corrected chi connectivity index (χ3v) is 12.7. The first-order valence-corrected chi connectivity index (χ1v) is 21.7. The molecule has 3 aromatic heterocycles. The summed E-state index contributed by atoms with van der Waals surface area (Å²) in [5.74, 6) is 0. The molecule has 13 aromatic rings. The highest BCUT2D eigenvalue weighted by Gasteiger charge is 2.26. The Kier molecular flexibility index (Phi) is 8.18. The summed E-state index contributed by atoms with van der Waals surface area (Å²) >= 11 is 0. The molecule has 0 N–H and O–H groups in total. The van der Waals surface area contributed by atoms with Crippen molar-refractivity contribution in [3.8, 4) is 44.5 Å². The first-order valence-electron chi connectivity index (χ1n) is 21.7. The number of hydrogen-bond donors (Lipinski definition) is 0. The Morgan fingerprint density at radius 1 is 0.250 bits per heavy atom. The summed E-state index contributed by atoms with van der Waals surface area (Å²) < 4.78 is 20.5. The summed E-state index contributed by atoms with van der Waals surface area (Å²) in [6, 6.07) is 78.9. The Morgan fingerprint density at radius 3 is 1.25 bits per heavy atom. The molecule has 10 aromatic carbocycles. The summed E-state index contributed by atoms with van der Waals surface area (Å²) in [7, 11) is 0. The van der Waals surface area contributed by atoms with Crippen LogP contribution < -0.4 is 4.90 Å². The standard InChI is InChI=1S/C60H37NO3/c1-3-14-38(15-4-1)40-26-30-42(31-27-40)61(43-32-28-41(29-33-43)39-16-5-2-6-17-39)52-37-36-49(60-57(52)51-20-9-12-25-55(51)64-60)48-35-34-45(56-50-19-8-11-24-54(50)63-59(48)56)47-22-13-21-46-44-18-7-10-23-53(44)62-58(46)47/h1-37H. The quantitative estimate of drug-likeness (QED) is 0.161. The lowest BCUT2D eigenvalue weighted by Gasteiger charge is -2.27. The minimum Gasteiger partial charge on any atom is -0.455 e. The Balaban J connectivity index is 1.04. The fourth-order valence-corrected chi connectivity index (χ4v) is 9.73. The maximum Gasteiger partial charge on any atom is 0.145 e. The van der Waals surface area contributed by atoms with Crippen LogP contribution >= 0.6 is 0 Å². The van der Waals surface area contributed by atoms with Crippen LogP contribution in [0.25, 0.3) is 110 Å². The van der Waals surface area contributed by atoms with E-state index in [1.807, 2.05) is 24.3 Å². The summed E-state index contributed by atoms with van der Waals surface area (Å²) in [4.78, 5) is 2.35. The average molecular weight is 820 g/mol. The van der Waals surface area contributed by atoms with Crippen molar-refractivity contribution in [2.75, 3.05) is 4.90 Å². The van der Waals surface area contributed by atoms with Gasteiger partial charge in [-0.05, 0) is 88.5 Å². The Bertz CT molecular complexity index is 3790. The molecule has 0 spiro atoms. The van der Waals surface area contributed by atoms with Crippen molar-refractivity contribution in [3.05, 3.63) is 224 Å². The van der Waals surface area contributed by atoms with E-state index in [0.29, 0.717) is 0 Å². The van der Waals surface area contributed by atoms with Gasteiger partial charge in [0.1, 0.15) is 33.5 Å². The summed E-state index contributed by atoms with van der Waals surface area (Å²) in [6.45, 7) is 0. The van der Waals surface area contributed by atoms with Gasteiger partial charge >= 0.3 is 0 Å². The van der Waals surface area contributed by atoms with Gasteiger partial charge < -0.3 is 18.2 Å². The van der Waals surface area contributed by atoms with Gasteiger partial charge in [-0.25, -0.2) is 0 Å². The molecule has 3 heterocycles. The fourth-order valence-electron chi connectivity index (χ4n) is 9.73. The molecule has 0 radical (unpaired) electrons. The molecule has 0 aliphatic heterocycles. The topological polar surface area (TPSA) is 42.7 Å². The van der Waals surface area contributed by atoms with Crippen LogP contribution in [0.1, 0.15) is 0 Å². The maximum absolute atomic E-state index is 7.00. The van der Waals surface area contributed by atoms with Gasteiger partial charge in [-0.2, -0.15) is 0 Å². The zero-order valence-electron chi connectivity index (χ0n) is 34.5. The first kappa shape index (κ1) is 36.1. The lowest BCUT2D eigenvalue weighted by molar-refractivity contribution is 0.665. The Morgan fingerprint density at radius 2 is 0.656 bits per heavy atom. The molecule has 300 valence electrons. The summed E-state index contributed by atoms with van der Waals surface area (Å²) in [5.41, 5.74) is 16.7. The minimum absolute atomic E-state index is 0.791. The van der Waals surface area contributed by atoms with E-state index in [9.17, 15) is 0 Å². The van der Waals surface area contributed by atoms with Crippen LogP contribution in [0.3, 0.4) is 0 Å². The molecule has 64 heavy (non-hydrogen) atoms. The number of para-hydroxylation sites is 4. The van der Waals surface area contributed by atoms with Crippen LogP contribution in [-0.2, 0) is 0 Å². The van der Waals surface area contributed by atoms with Crippen LogP contribution in [0.4, 0.5) is 17.1 Å². The monoisotopic (exact) mass is 819 g/mol. The molecular formula is C60H37NO3. The van der Waals surface area contributed by atoms with Crippen molar-refractivity contribution in [2.24, 2.45) is 0 Å². The smallest absolute Gasteiger partial charge is 0.145 e. The molecule has 4 heteroatoms. The molecular weight excluding hydrogens is 783 g/mol. The second-order valence-corrected chi connectivity index (χ2v) is 16.3. The molecule has 0 saturated carbocycles. The lowest BCUT2D eigenvalue weighted by atomic mass is 9.92. The predicted molar refractivity (Wildman–Crippen MR) is 265 cm³/mol. The van der Waals surface area contributed by atoms with Gasteiger partial charge in [0, 0.05) is 55.0 Å². The number of fused-ring (bicyclic) bond motifs is 9. The number of rotatable bonds is 7. The third-order valence-electron chi connectivity index (χ3n) is 12.7. The van der Waals surface area contributed by atoms with Crippen molar-refractivity contribution in [1.29, 1.82) is 0 Å². The van der Waals surface area contributed by atoms with Crippen molar-refractivity contribution >= 4 is 82.9 Å². The van der Waals surface area contributed by atoms with Crippen LogP contribution in [0.2, 0.25) is 0 Å². The van der Waals surface area contributed by atoms with Crippen LogP contribution in [0.5, 0.6) is 0 Å². The Hall–Kier alpha value is -8.60. The number of benzene rings is 10. The molecule has 0 atom stereocenters. The number of nitrogens with zero attached hydrogens (tertiary/aromatic N) is 1. The molecule has 4 nitrogen and oxygen atoms in total. The summed E-state index contributed by atoms with van der Waals surface area (Å²) in [6.07, 6.45) is 0. The van der Waals surface area contributed by atoms with Gasteiger partial charge in [0.05, 0.1) is 11.1 Å². The van der Waals surface area contributed by atoms with Gasteiger partial charge in [-0.3, -0.25) is 0 Å². The van der Waals surface area contributed by atoms with E-state index in [0.717, 1.165) is 116 Å². The van der Waals surface area contributed by atoms with Gasteiger partial charge in [0.2, 0.25) is 0 Å². The second kappa shape index (κ2) is 14.5. The van der Waals surface area contributed by atoms with E-state index in [-0.39, 0.29) is 0 Å². The minimum atomic E-state index is 0.791. The molecule has 0 aliphatic rings. The number of anilines is 3. The van der Waals surface area contributed by atoms with Gasteiger partial charge in [-0.1, -0.05) is 164 Å². The van der Waals surface area contributed by atoms with Crippen molar-refractivity contribution in [2.45, 2.75) is 0 Å². The van der Waals surface area contributed by atoms with Crippen LogP contribution in [0.15, 0.2) is 238 Å². The highest BCUT2D eigenvalue weighted by Crippen LogP contribution is 2.50. The fraction of sp³-hybridized carbons (Fsp3) is 0. The zero-order valence-corrected chi connectivity index (χ0v) is 34.5. The van der Waals surface area contributed by atoms with Gasteiger partial charge in [0.15, 0.2) is 0 Å². The summed E-state index contributed by atoms with van der Waals surface area (Å²) in [5, 5.41) is 6.33. The highest BCUT2D eigenvalue weighted by molar-refractivity contribution is 6.23. The van der Waals surface area contributed by atoms with Crippen LogP contribution in [-0.4, -0.2) is 0 Å². The van der Waals surface area contributed by atoms with Gasteiger partial charge in [0.25, 0.3) is 0 Å². The van der Waals surface area contributed by atoms with Crippen LogP contribution in [0, 0.1) is 0 Å². The molecule has 0 bridgehead atoms. The molecule has 13 rings (SSSR count). The van der Waals surface area contributed by atoms with E-state index in [4.69, 9.17) is 13.3 Å². The molecule has 0 unspecified atom stereocenters. The Labute approximate surface area is 368 Å². The van der Waals surface area contributed by atoms with E-state index in [2.05, 4.69) is 205 Å². The van der Waals surface area contributed by atoms with E-state index >= 15 is 0 Å². The first-order chi connectivity index (χ1) is 31.7.